The van der Waals surface area contributed by atoms with Crippen molar-refractivity contribution in [2.45, 2.75) is 52.6 Å². The molecule has 274 valence electrons. The molecule has 0 bridgehead atoms. The fourth-order valence-electron chi connectivity index (χ4n) is 6.72. The number of ether oxygens (including phenoxy) is 3. The number of imide groups is 2. The highest BCUT2D eigenvalue weighted by Gasteiger charge is 2.45. The quantitative estimate of drug-likeness (QED) is 0.379. The molecule has 3 aliphatic rings. The van der Waals surface area contributed by atoms with Gasteiger partial charge < -0.3 is 24.0 Å². The van der Waals surface area contributed by atoms with Crippen LogP contribution in [0.15, 0.2) is 48.5 Å². The van der Waals surface area contributed by atoms with Crippen LogP contribution in [0.25, 0.3) is 0 Å². The van der Waals surface area contributed by atoms with Crippen molar-refractivity contribution in [1.82, 2.24) is 19.6 Å². The molecule has 0 saturated carbocycles. The third-order valence-corrected chi connectivity index (χ3v) is 9.25. The van der Waals surface area contributed by atoms with Gasteiger partial charge in [0.2, 0.25) is 11.8 Å². The summed E-state index contributed by atoms with van der Waals surface area (Å²) in [6.45, 7) is 9.61. The maximum atomic E-state index is 14.2. The lowest BCUT2D eigenvalue weighted by molar-refractivity contribution is -0.138. The number of hydrogen-bond donors (Lipinski definition) is 0. The van der Waals surface area contributed by atoms with Crippen LogP contribution in [0.3, 0.4) is 0 Å². The Labute approximate surface area is 298 Å². The number of carbonyl (C=O) groups excluding carboxylic acids is 6. The average Bonchev–Trinajstić information content (AvgIpc) is 3.51. The van der Waals surface area contributed by atoms with Crippen LogP contribution in [-0.4, -0.2) is 133 Å². The number of fused-ring (bicyclic) bond motifs is 2. The van der Waals surface area contributed by atoms with E-state index in [1.165, 1.54) is 0 Å². The van der Waals surface area contributed by atoms with E-state index in [2.05, 4.69) is 0 Å². The monoisotopic (exact) mass is 704 g/mol. The molecule has 0 spiro atoms. The first kappa shape index (κ1) is 37.8. The van der Waals surface area contributed by atoms with Gasteiger partial charge in [-0.1, -0.05) is 52.0 Å². The lowest BCUT2D eigenvalue weighted by atomic mass is 10.0. The molecule has 5 rings (SSSR count). The van der Waals surface area contributed by atoms with Crippen molar-refractivity contribution in [1.29, 1.82) is 0 Å². The molecule has 13 nitrogen and oxygen atoms in total. The van der Waals surface area contributed by atoms with Crippen LogP contribution in [0.1, 0.15) is 82.0 Å². The van der Waals surface area contributed by atoms with Crippen LogP contribution >= 0.6 is 0 Å². The van der Waals surface area contributed by atoms with Gasteiger partial charge in [0.15, 0.2) is 0 Å². The Morgan fingerprint density at radius 3 is 1.06 bits per heavy atom. The Morgan fingerprint density at radius 2 is 0.784 bits per heavy atom. The molecular weight excluding hydrogens is 656 g/mol. The van der Waals surface area contributed by atoms with E-state index >= 15 is 0 Å². The predicted molar refractivity (Wildman–Crippen MR) is 186 cm³/mol. The number of hydrogen-bond acceptors (Lipinski definition) is 9. The predicted octanol–water partition coefficient (Wildman–Crippen LogP) is 3.13. The Bertz CT molecular complexity index is 1440. The molecule has 0 unspecified atom stereocenters. The van der Waals surface area contributed by atoms with E-state index in [0.29, 0.717) is 0 Å². The van der Waals surface area contributed by atoms with Crippen LogP contribution in [-0.2, 0) is 23.8 Å². The van der Waals surface area contributed by atoms with Gasteiger partial charge in [0.25, 0.3) is 23.6 Å². The third-order valence-electron chi connectivity index (χ3n) is 9.25. The highest BCUT2D eigenvalue weighted by molar-refractivity contribution is 6.23. The van der Waals surface area contributed by atoms with Gasteiger partial charge in [-0.05, 0) is 48.9 Å². The van der Waals surface area contributed by atoms with Crippen molar-refractivity contribution in [2.75, 3.05) is 65.8 Å². The van der Waals surface area contributed by atoms with Gasteiger partial charge >= 0.3 is 0 Å². The minimum atomic E-state index is -1.00. The molecule has 0 aromatic heterocycles. The summed E-state index contributed by atoms with van der Waals surface area (Å²) in [5.74, 6) is -2.67. The van der Waals surface area contributed by atoms with Gasteiger partial charge in [-0.25, -0.2) is 0 Å². The summed E-state index contributed by atoms with van der Waals surface area (Å²) in [6.07, 6.45) is 0.580. The number of carbonyl (C=O) groups is 6. The molecule has 2 aromatic carbocycles. The maximum Gasteiger partial charge on any atom is 0.262 e. The zero-order valence-corrected chi connectivity index (χ0v) is 29.9. The zero-order chi connectivity index (χ0) is 36.7. The summed E-state index contributed by atoms with van der Waals surface area (Å²) < 4.78 is 17.5. The van der Waals surface area contributed by atoms with Gasteiger partial charge in [0.05, 0.1) is 61.9 Å². The van der Waals surface area contributed by atoms with Gasteiger partial charge in [0, 0.05) is 26.2 Å². The van der Waals surface area contributed by atoms with Crippen molar-refractivity contribution >= 4 is 35.4 Å². The first-order valence-electron chi connectivity index (χ1n) is 17.8. The molecule has 2 aromatic rings. The second-order valence-electron chi connectivity index (χ2n) is 13.8. The molecule has 3 aliphatic heterocycles. The second kappa shape index (κ2) is 17.2. The van der Waals surface area contributed by atoms with Crippen molar-refractivity contribution in [3.05, 3.63) is 70.8 Å². The molecule has 3 heterocycles. The van der Waals surface area contributed by atoms with Crippen molar-refractivity contribution < 1.29 is 43.0 Å². The zero-order valence-electron chi connectivity index (χ0n) is 29.9. The van der Waals surface area contributed by atoms with E-state index in [1.54, 1.807) is 58.3 Å². The maximum absolute atomic E-state index is 14.2. The Hall–Kier alpha value is -4.46. The number of nitrogens with zero attached hydrogens (tertiary/aromatic N) is 4. The summed E-state index contributed by atoms with van der Waals surface area (Å²) in [5, 5.41) is 0. The molecule has 0 aliphatic carbocycles. The molecule has 13 heteroatoms. The lowest BCUT2D eigenvalue weighted by Gasteiger charge is -2.33. The summed E-state index contributed by atoms with van der Waals surface area (Å²) in [4.78, 5) is 87.2. The largest absolute Gasteiger partial charge is 0.378 e. The minimum Gasteiger partial charge on any atom is -0.378 e. The Balaban J connectivity index is 1.29. The van der Waals surface area contributed by atoms with Crippen molar-refractivity contribution in [3.63, 3.8) is 0 Å². The third kappa shape index (κ3) is 8.54. The average molecular weight is 705 g/mol. The van der Waals surface area contributed by atoms with Gasteiger partial charge in [-0.3, -0.25) is 38.6 Å². The van der Waals surface area contributed by atoms with Gasteiger partial charge in [0.1, 0.15) is 12.1 Å². The summed E-state index contributed by atoms with van der Waals surface area (Å²) in [6, 6.07) is 11.2. The topological polar surface area (TPSA) is 143 Å². The number of benzene rings is 2. The lowest BCUT2D eigenvalue weighted by Crippen LogP contribution is -2.53. The smallest absolute Gasteiger partial charge is 0.262 e. The molecule has 1 saturated heterocycles. The van der Waals surface area contributed by atoms with Crippen LogP contribution < -0.4 is 0 Å². The van der Waals surface area contributed by atoms with E-state index < -0.39 is 35.7 Å². The second-order valence-corrected chi connectivity index (χ2v) is 13.8. The van der Waals surface area contributed by atoms with E-state index in [-0.39, 0.29) is 125 Å². The molecule has 51 heavy (non-hydrogen) atoms. The van der Waals surface area contributed by atoms with E-state index in [1.807, 2.05) is 27.7 Å². The molecular formula is C38H48N4O9. The fraction of sp³-hybridized carbons (Fsp3) is 0.526. The van der Waals surface area contributed by atoms with Crippen molar-refractivity contribution in [2.24, 2.45) is 11.8 Å². The normalized spacial score (nSPS) is 19.3. The van der Waals surface area contributed by atoms with E-state index in [0.717, 1.165) is 9.80 Å². The Kier molecular flexibility index (Phi) is 12.7. The molecule has 2 atom stereocenters. The van der Waals surface area contributed by atoms with E-state index in [4.69, 9.17) is 14.2 Å². The van der Waals surface area contributed by atoms with Gasteiger partial charge in [-0.15, -0.1) is 0 Å². The SMILES string of the molecule is CC(C)C[C@@H](C(=O)N1CCOCCOCCN(C(=O)[C@H](CC(C)C)N2C(=O)c3ccccc3C2=O)CCOCC1)N1C(=O)c2ccccc2C1=O. The first-order chi connectivity index (χ1) is 24.5. The van der Waals surface area contributed by atoms with Crippen LogP contribution in [0.2, 0.25) is 0 Å². The molecule has 1 fully saturated rings. The van der Waals surface area contributed by atoms with Crippen LogP contribution in [0, 0.1) is 11.8 Å². The Morgan fingerprint density at radius 1 is 0.510 bits per heavy atom. The highest BCUT2D eigenvalue weighted by Crippen LogP contribution is 2.29. The molecule has 6 amide bonds. The molecule has 0 radical (unpaired) electrons. The standard InChI is InChI=1S/C38H48N4O9/c1-25(2)23-31(41-33(43)27-9-5-6-10-28(27)34(41)44)37(47)39-13-17-49-18-14-40(16-20-51-22-21-50-19-15-39)38(48)32(24-26(3)4)42-35(45)29-11-7-8-12-30(29)36(42)46/h5-12,25-26,31-32H,13-24H2,1-4H3/t31-,32-/m0/s1. The molecule has 0 N–H and O–H groups in total. The number of amides is 6. The van der Waals surface area contributed by atoms with E-state index in [9.17, 15) is 28.8 Å². The fourth-order valence-corrected chi connectivity index (χ4v) is 6.72. The minimum absolute atomic E-state index is 0.0136. The first-order valence-corrected chi connectivity index (χ1v) is 17.8. The summed E-state index contributed by atoms with van der Waals surface area (Å²) >= 11 is 0. The van der Waals surface area contributed by atoms with Gasteiger partial charge in [-0.2, -0.15) is 0 Å². The van der Waals surface area contributed by atoms with Crippen LogP contribution in [0.5, 0.6) is 0 Å². The summed E-state index contributed by atoms with van der Waals surface area (Å²) in [7, 11) is 0. The van der Waals surface area contributed by atoms with Crippen molar-refractivity contribution in [3.8, 4) is 0 Å². The summed E-state index contributed by atoms with van der Waals surface area (Å²) in [5.41, 5.74) is 1.13. The highest BCUT2D eigenvalue weighted by atomic mass is 16.5. The van der Waals surface area contributed by atoms with Crippen LogP contribution in [0.4, 0.5) is 0 Å². The number of rotatable bonds is 8.